The number of halogens is 3. The Hall–Kier alpha value is -2.37. The number of H-pyrrole nitrogens is 1. The van der Waals surface area contributed by atoms with E-state index in [0.717, 1.165) is 29.7 Å². The van der Waals surface area contributed by atoms with Crippen molar-refractivity contribution in [2.75, 3.05) is 13.7 Å². The van der Waals surface area contributed by atoms with Gasteiger partial charge in [-0.05, 0) is 43.7 Å². The van der Waals surface area contributed by atoms with E-state index in [9.17, 15) is 23.5 Å². The van der Waals surface area contributed by atoms with Gasteiger partial charge in [-0.15, -0.1) is 11.3 Å². The molecule has 2 aromatic rings. The van der Waals surface area contributed by atoms with E-state index >= 15 is 4.39 Å². The molecule has 4 atom stereocenters. The van der Waals surface area contributed by atoms with Gasteiger partial charge in [0.15, 0.2) is 0 Å². The molecule has 5 rings (SSSR count). The van der Waals surface area contributed by atoms with Gasteiger partial charge in [-0.1, -0.05) is 0 Å². The van der Waals surface area contributed by atoms with E-state index in [1.54, 1.807) is 6.07 Å². The van der Waals surface area contributed by atoms with Gasteiger partial charge in [-0.3, -0.25) is 14.3 Å². The molecule has 0 radical (unpaired) electrons. The molecule has 34 heavy (non-hydrogen) atoms. The lowest BCUT2D eigenvalue weighted by atomic mass is 9.82. The van der Waals surface area contributed by atoms with Crippen molar-refractivity contribution in [2.45, 2.75) is 68.7 Å². The molecule has 11 heteroatoms. The average Bonchev–Trinajstić information content (AvgIpc) is 3.54. The second-order valence-electron chi connectivity index (χ2n) is 9.12. The summed E-state index contributed by atoms with van der Waals surface area (Å²) in [5.74, 6) is -1.46. The highest BCUT2D eigenvalue weighted by atomic mass is 32.1. The van der Waals surface area contributed by atoms with Crippen LogP contribution in [0.5, 0.6) is 0 Å². The van der Waals surface area contributed by atoms with Crippen molar-refractivity contribution in [3.8, 4) is 0 Å². The van der Waals surface area contributed by atoms with Crippen molar-refractivity contribution >= 4 is 22.7 Å². The third-order valence-corrected chi connectivity index (χ3v) is 8.39. The van der Waals surface area contributed by atoms with Crippen LogP contribution in [-0.2, 0) is 11.2 Å². The highest BCUT2D eigenvalue weighted by Gasteiger charge is 2.43. The van der Waals surface area contributed by atoms with E-state index in [0.29, 0.717) is 17.7 Å². The van der Waals surface area contributed by atoms with Crippen molar-refractivity contribution in [3.05, 3.63) is 52.8 Å². The number of aliphatic hydroxyl groups excluding tert-OH is 1. The van der Waals surface area contributed by atoms with Crippen LogP contribution in [0.3, 0.4) is 0 Å². The average molecular weight is 498 g/mol. The first-order chi connectivity index (χ1) is 16.3. The Kier molecular flexibility index (Phi) is 5.97. The minimum atomic E-state index is -3.23. The zero-order chi connectivity index (χ0) is 24.3. The quantitative estimate of drug-likeness (QED) is 0.551. The monoisotopic (exact) mass is 497 g/mol. The molecule has 1 fully saturated rings. The van der Waals surface area contributed by atoms with Crippen LogP contribution in [0.2, 0.25) is 0 Å². The number of aromatic nitrogens is 2. The highest BCUT2D eigenvalue weighted by Crippen LogP contribution is 2.46. The van der Waals surface area contributed by atoms with Crippen LogP contribution in [-0.4, -0.2) is 47.0 Å². The molecule has 4 N–H and O–H groups in total. The first kappa shape index (κ1) is 23.4. The zero-order valence-electron chi connectivity index (χ0n) is 18.5. The van der Waals surface area contributed by atoms with Gasteiger partial charge in [-0.2, -0.15) is 0 Å². The molecule has 3 aliphatic rings. The Morgan fingerprint density at radius 2 is 2.06 bits per heavy atom. The number of thiophene rings is 1. The second-order valence-corrected chi connectivity index (χ2v) is 10.3. The number of nitrogens with zero attached hydrogens (tertiary/aromatic N) is 1. The van der Waals surface area contributed by atoms with Crippen LogP contribution in [0.4, 0.5) is 13.2 Å². The smallest absolute Gasteiger partial charge is 0.329 e. The van der Waals surface area contributed by atoms with Gasteiger partial charge in [0.05, 0.1) is 29.7 Å². The van der Waals surface area contributed by atoms with E-state index in [4.69, 9.17) is 10.5 Å². The van der Waals surface area contributed by atoms with Gasteiger partial charge >= 0.3 is 5.69 Å². The summed E-state index contributed by atoms with van der Waals surface area (Å²) < 4.78 is 51.3. The topological polar surface area (TPSA) is 110 Å². The number of ether oxygens (including phenoxy) is 1. The lowest BCUT2D eigenvalue weighted by Gasteiger charge is -2.28. The van der Waals surface area contributed by atoms with Crippen LogP contribution in [0.25, 0.3) is 11.3 Å². The number of fused-ring (bicyclic) bond motifs is 2. The van der Waals surface area contributed by atoms with Gasteiger partial charge in [0.1, 0.15) is 11.9 Å². The molecule has 0 spiro atoms. The Morgan fingerprint density at radius 1 is 1.32 bits per heavy atom. The summed E-state index contributed by atoms with van der Waals surface area (Å²) in [4.78, 5) is 28.8. The van der Waals surface area contributed by atoms with Crippen molar-refractivity contribution in [3.63, 3.8) is 0 Å². The normalized spacial score (nSPS) is 25.3. The van der Waals surface area contributed by atoms with E-state index in [1.165, 1.54) is 23.0 Å². The van der Waals surface area contributed by atoms with Gasteiger partial charge < -0.3 is 15.6 Å². The number of hydrogen-bond donors (Lipinski definition) is 3. The minimum absolute atomic E-state index is 0.00322. The van der Waals surface area contributed by atoms with Crippen LogP contribution in [0.15, 0.2) is 15.7 Å². The number of rotatable bonds is 6. The Labute approximate surface area is 196 Å². The summed E-state index contributed by atoms with van der Waals surface area (Å²) >= 11 is 1.30. The maximum Gasteiger partial charge on any atom is 0.329 e. The van der Waals surface area contributed by atoms with E-state index in [1.807, 2.05) is 0 Å². The van der Waals surface area contributed by atoms with E-state index in [2.05, 4.69) is 4.98 Å². The van der Waals surface area contributed by atoms with Crippen LogP contribution in [0, 0.1) is 0 Å². The standard InChI is InChI=1S/C23H26F3N3O4S/c1-33-20-15(14-7-11-10(12(30)8-27)3-2-4-13(11)34-14)18(24)16(21(25)26)17-19(20)29(9-5-6-9)23(32)28-22(17)31/h7,9-10,12,15,18,21,30H,2-6,8,27H2,1H3,(H,28,31,32). The number of nitrogens with two attached hydrogens (primary N) is 1. The predicted molar refractivity (Wildman–Crippen MR) is 121 cm³/mol. The fraction of sp³-hybridized carbons (Fsp3) is 0.565. The molecule has 184 valence electrons. The molecular formula is C23H26F3N3O4S. The van der Waals surface area contributed by atoms with Crippen LogP contribution >= 0.6 is 11.3 Å². The summed E-state index contributed by atoms with van der Waals surface area (Å²) in [7, 11) is 1.30. The number of aliphatic hydroxyl groups is 1. The van der Waals surface area contributed by atoms with Crippen molar-refractivity contribution in [1.82, 2.24) is 9.55 Å². The summed E-state index contributed by atoms with van der Waals surface area (Å²) in [6.07, 6.45) is -2.64. The third kappa shape index (κ3) is 3.56. The Bertz CT molecular complexity index is 1360. The summed E-state index contributed by atoms with van der Waals surface area (Å²) in [5.41, 5.74) is 3.83. The summed E-state index contributed by atoms with van der Waals surface area (Å²) in [6, 6.07) is 1.49. The molecule has 2 heterocycles. The van der Waals surface area contributed by atoms with Crippen LogP contribution in [0.1, 0.15) is 58.9 Å². The maximum absolute atomic E-state index is 16.0. The van der Waals surface area contributed by atoms with Crippen molar-refractivity contribution in [1.29, 1.82) is 0 Å². The lowest BCUT2D eigenvalue weighted by molar-refractivity contribution is 0.142. The zero-order valence-corrected chi connectivity index (χ0v) is 19.3. The van der Waals surface area contributed by atoms with E-state index in [-0.39, 0.29) is 29.6 Å². The Balaban J connectivity index is 1.80. The maximum atomic E-state index is 16.0. The first-order valence-corrected chi connectivity index (χ1v) is 12.2. The van der Waals surface area contributed by atoms with Crippen molar-refractivity contribution in [2.24, 2.45) is 5.73 Å². The number of hydrogen-bond acceptors (Lipinski definition) is 6. The molecule has 0 bridgehead atoms. The number of aromatic amines is 1. The largest absolute Gasteiger partial charge is 0.498 e. The lowest BCUT2D eigenvalue weighted by Crippen LogP contribution is -2.59. The van der Waals surface area contributed by atoms with Crippen LogP contribution < -0.4 is 27.6 Å². The number of alkyl halides is 3. The van der Waals surface area contributed by atoms with Gasteiger partial charge in [0, 0.05) is 33.8 Å². The molecular weight excluding hydrogens is 471 g/mol. The molecule has 0 aliphatic heterocycles. The van der Waals surface area contributed by atoms with Gasteiger partial charge in [-0.25, -0.2) is 18.0 Å². The SMILES string of the molecule is COC1=c2c(c(=O)[nH]c(=O)n2C2CC2)=C(C(F)F)C(F)C1c1cc2c(s1)CCCC2C(O)CN. The molecule has 0 aromatic carbocycles. The molecule has 4 unspecified atom stereocenters. The molecule has 7 nitrogen and oxygen atoms in total. The van der Waals surface area contributed by atoms with Crippen molar-refractivity contribution < 1.29 is 23.0 Å². The highest BCUT2D eigenvalue weighted by molar-refractivity contribution is 7.12. The first-order valence-electron chi connectivity index (χ1n) is 11.4. The molecule has 1 saturated carbocycles. The summed E-state index contributed by atoms with van der Waals surface area (Å²) in [6.45, 7) is 0.0764. The molecule has 0 amide bonds. The minimum Gasteiger partial charge on any atom is -0.498 e. The summed E-state index contributed by atoms with van der Waals surface area (Å²) in [5, 5.41) is 9.83. The molecule has 2 aromatic heterocycles. The molecule has 3 aliphatic carbocycles. The number of aryl methyl sites for hydroxylation is 1. The number of methoxy groups -OCH3 is 1. The Morgan fingerprint density at radius 3 is 2.68 bits per heavy atom. The second kappa shape index (κ2) is 8.69. The fourth-order valence-electron chi connectivity index (χ4n) is 5.39. The number of nitrogens with one attached hydrogen (secondary N) is 1. The van der Waals surface area contributed by atoms with Gasteiger partial charge in [0.2, 0.25) is 0 Å². The predicted octanol–water partition coefficient (Wildman–Crippen LogP) is 0.978. The van der Waals surface area contributed by atoms with Gasteiger partial charge in [0.25, 0.3) is 12.0 Å². The third-order valence-electron chi connectivity index (χ3n) is 7.10. The van der Waals surface area contributed by atoms with E-state index < -0.39 is 46.7 Å². The molecule has 0 saturated heterocycles. The fourth-order valence-corrected chi connectivity index (χ4v) is 6.79.